The number of aliphatic carboxylic acids is 1. The van der Waals surface area contributed by atoms with Gasteiger partial charge in [0.15, 0.2) is 5.78 Å². The van der Waals surface area contributed by atoms with Crippen LogP contribution in [0.5, 0.6) is 0 Å². The highest BCUT2D eigenvalue weighted by Crippen LogP contribution is 2.23. The highest BCUT2D eigenvalue weighted by Gasteiger charge is 2.18. The second-order valence-corrected chi connectivity index (χ2v) is 4.92. The number of ketones is 1. The number of hydrogen-bond donors (Lipinski definition) is 1. The van der Waals surface area contributed by atoms with E-state index in [4.69, 9.17) is 16.7 Å². The molecule has 98 valence electrons. The molecule has 0 radical (unpaired) electrons. The number of carbonyl (C=O) groups is 2. The van der Waals surface area contributed by atoms with Crippen molar-refractivity contribution in [2.24, 2.45) is 0 Å². The maximum Gasteiger partial charge on any atom is 0.311 e. The third-order valence-electron chi connectivity index (χ3n) is 2.38. The van der Waals surface area contributed by atoms with Gasteiger partial charge in [-0.25, -0.2) is 4.68 Å². The van der Waals surface area contributed by atoms with Crippen LogP contribution in [0.3, 0.4) is 0 Å². The van der Waals surface area contributed by atoms with Crippen molar-refractivity contribution in [1.29, 1.82) is 0 Å². The van der Waals surface area contributed by atoms with Gasteiger partial charge in [-0.05, 0) is 34.1 Å². The van der Waals surface area contributed by atoms with Crippen LogP contribution in [0.25, 0.3) is 5.69 Å². The minimum absolute atomic E-state index is 0.224. The highest BCUT2D eigenvalue weighted by molar-refractivity contribution is 9.10. The Morgan fingerprint density at radius 3 is 2.79 bits per heavy atom. The van der Waals surface area contributed by atoms with Gasteiger partial charge in [-0.2, -0.15) is 5.10 Å². The molecule has 0 unspecified atom stereocenters. The van der Waals surface area contributed by atoms with E-state index in [0.717, 1.165) is 0 Å². The molecule has 0 saturated carbocycles. The van der Waals surface area contributed by atoms with Crippen molar-refractivity contribution in [3.8, 4) is 5.69 Å². The lowest BCUT2D eigenvalue weighted by atomic mass is 10.2. The number of Topliss-reactive ketones (excluding diaryl/α,β-unsaturated/α-hetero) is 1. The molecule has 1 N–H and O–H groups in total. The SMILES string of the molecule is O=C(O)CC(=O)c1cnn(-c2cccc(Cl)c2)c1Br. The summed E-state index contributed by atoms with van der Waals surface area (Å²) >= 11 is 9.13. The molecule has 0 aliphatic rings. The average Bonchev–Trinajstić information content (AvgIpc) is 2.70. The van der Waals surface area contributed by atoms with E-state index in [-0.39, 0.29) is 5.56 Å². The van der Waals surface area contributed by atoms with Gasteiger partial charge in [-0.15, -0.1) is 0 Å². The Hall–Kier alpha value is -1.66. The van der Waals surface area contributed by atoms with Crippen LogP contribution in [0.2, 0.25) is 5.02 Å². The van der Waals surface area contributed by atoms with Gasteiger partial charge in [0, 0.05) is 5.02 Å². The number of halogens is 2. The van der Waals surface area contributed by atoms with Gasteiger partial charge >= 0.3 is 5.97 Å². The van der Waals surface area contributed by atoms with Gasteiger partial charge in [0.25, 0.3) is 0 Å². The molecule has 19 heavy (non-hydrogen) atoms. The summed E-state index contributed by atoms with van der Waals surface area (Å²) < 4.78 is 1.88. The van der Waals surface area contributed by atoms with Crippen LogP contribution in [-0.4, -0.2) is 26.6 Å². The Balaban J connectivity index is 2.38. The lowest BCUT2D eigenvalue weighted by molar-refractivity contribution is -0.135. The van der Waals surface area contributed by atoms with E-state index in [0.29, 0.717) is 15.3 Å². The zero-order valence-corrected chi connectivity index (χ0v) is 11.8. The van der Waals surface area contributed by atoms with Crippen molar-refractivity contribution in [3.63, 3.8) is 0 Å². The Labute approximate surface area is 121 Å². The van der Waals surface area contributed by atoms with E-state index in [1.165, 1.54) is 10.9 Å². The van der Waals surface area contributed by atoms with Crippen molar-refractivity contribution in [3.05, 3.63) is 45.7 Å². The van der Waals surface area contributed by atoms with Crippen molar-refractivity contribution in [2.75, 3.05) is 0 Å². The molecular formula is C12H8BrClN2O3. The molecule has 2 rings (SSSR count). The number of carboxylic acid groups (broad SMARTS) is 1. The fourth-order valence-corrected chi connectivity index (χ4v) is 2.35. The topological polar surface area (TPSA) is 72.2 Å². The maximum atomic E-state index is 11.7. The fraction of sp³-hybridized carbons (Fsp3) is 0.0833. The van der Waals surface area contributed by atoms with Crippen molar-refractivity contribution in [1.82, 2.24) is 9.78 Å². The van der Waals surface area contributed by atoms with Crippen molar-refractivity contribution < 1.29 is 14.7 Å². The number of hydrogen-bond acceptors (Lipinski definition) is 3. The average molecular weight is 344 g/mol. The molecule has 0 bridgehead atoms. The first-order chi connectivity index (χ1) is 8.99. The number of carboxylic acids is 1. The second kappa shape index (κ2) is 5.54. The number of carbonyl (C=O) groups excluding carboxylic acids is 1. The summed E-state index contributed by atoms with van der Waals surface area (Å²) in [7, 11) is 0. The Morgan fingerprint density at radius 2 is 2.16 bits per heavy atom. The molecule has 5 nitrogen and oxygen atoms in total. The normalized spacial score (nSPS) is 10.4. The third-order valence-corrected chi connectivity index (χ3v) is 3.37. The second-order valence-electron chi connectivity index (χ2n) is 3.73. The van der Waals surface area contributed by atoms with E-state index in [1.54, 1.807) is 24.3 Å². The first kappa shape index (κ1) is 13.8. The minimum atomic E-state index is -1.17. The first-order valence-electron chi connectivity index (χ1n) is 5.23. The molecule has 1 heterocycles. The summed E-state index contributed by atoms with van der Waals surface area (Å²) in [6.07, 6.45) is 0.760. The van der Waals surface area contributed by atoms with Crippen LogP contribution in [0.15, 0.2) is 35.1 Å². The van der Waals surface area contributed by atoms with Crippen molar-refractivity contribution in [2.45, 2.75) is 6.42 Å². The summed E-state index contributed by atoms with van der Waals surface area (Å²) in [5, 5.41) is 13.2. The zero-order valence-electron chi connectivity index (χ0n) is 9.51. The molecule has 0 atom stereocenters. The molecule has 2 aromatic rings. The van der Waals surface area contributed by atoms with Crippen LogP contribution in [-0.2, 0) is 4.79 Å². The van der Waals surface area contributed by atoms with Gasteiger partial charge in [0.05, 0.1) is 17.4 Å². The molecule has 0 fully saturated rings. The Morgan fingerprint density at radius 1 is 1.42 bits per heavy atom. The smallest absolute Gasteiger partial charge is 0.311 e. The van der Waals surface area contributed by atoms with Crippen LogP contribution in [0, 0.1) is 0 Å². The van der Waals surface area contributed by atoms with Gasteiger partial charge in [-0.3, -0.25) is 9.59 Å². The Kier molecular flexibility index (Phi) is 4.01. The highest BCUT2D eigenvalue weighted by atomic mass is 79.9. The zero-order chi connectivity index (χ0) is 14.0. The van der Waals surface area contributed by atoms with Crippen LogP contribution in [0.1, 0.15) is 16.8 Å². The summed E-state index contributed by atoms with van der Waals surface area (Å²) in [4.78, 5) is 22.2. The predicted octanol–water partition coefficient (Wildman–Crippen LogP) is 2.95. The van der Waals surface area contributed by atoms with E-state index < -0.39 is 18.2 Å². The van der Waals surface area contributed by atoms with Crippen LogP contribution < -0.4 is 0 Å². The quantitative estimate of drug-likeness (QED) is 0.684. The molecule has 1 aromatic heterocycles. The molecule has 0 saturated heterocycles. The third kappa shape index (κ3) is 3.02. The minimum Gasteiger partial charge on any atom is -0.481 e. The van der Waals surface area contributed by atoms with Crippen LogP contribution in [0.4, 0.5) is 0 Å². The first-order valence-corrected chi connectivity index (χ1v) is 6.40. The molecule has 0 aliphatic heterocycles. The van der Waals surface area contributed by atoms with E-state index in [2.05, 4.69) is 21.0 Å². The molecule has 0 amide bonds. The predicted molar refractivity (Wildman–Crippen MR) is 72.9 cm³/mol. The number of nitrogens with zero attached hydrogens (tertiary/aromatic N) is 2. The van der Waals surface area contributed by atoms with Crippen LogP contribution >= 0.6 is 27.5 Å². The summed E-state index contributed by atoms with van der Waals surface area (Å²) in [5.41, 5.74) is 0.899. The lowest BCUT2D eigenvalue weighted by Crippen LogP contribution is -2.07. The van der Waals surface area contributed by atoms with Gasteiger partial charge in [-0.1, -0.05) is 17.7 Å². The molecule has 7 heteroatoms. The number of aromatic nitrogens is 2. The lowest BCUT2D eigenvalue weighted by Gasteiger charge is -2.04. The Bertz CT molecular complexity index is 654. The van der Waals surface area contributed by atoms with Gasteiger partial charge in [0.1, 0.15) is 11.0 Å². The molecule has 1 aromatic carbocycles. The maximum absolute atomic E-state index is 11.7. The fourth-order valence-electron chi connectivity index (χ4n) is 1.54. The molecular weight excluding hydrogens is 335 g/mol. The largest absolute Gasteiger partial charge is 0.481 e. The van der Waals surface area contributed by atoms with E-state index in [1.807, 2.05) is 0 Å². The standard InChI is InChI=1S/C12H8BrClN2O3/c13-12-9(10(17)5-11(18)19)6-15-16(12)8-3-1-2-7(14)4-8/h1-4,6H,5H2,(H,18,19). The summed E-state index contributed by atoms with van der Waals surface area (Å²) in [6, 6.07) is 6.93. The van der Waals surface area contributed by atoms with E-state index >= 15 is 0 Å². The monoisotopic (exact) mass is 342 g/mol. The van der Waals surface area contributed by atoms with Gasteiger partial charge < -0.3 is 5.11 Å². The molecule has 0 spiro atoms. The molecule has 0 aliphatic carbocycles. The summed E-state index contributed by atoms with van der Waals surface area (Å²) in [6.45, 7) is 0. The number of rotatable bonds is 4. The number of benzene rings is 1. The van der Waals surface area contributed by atoms with Crippen molar-refractivity contribution >= 4 is 39.3 Å². The summed E-state index contributed by atoms with van der Waals surface area (Å²) in [5.74, 6) is -1.68. The van der Waals surface area contributed by atoms with E-state index in [9.17, 15) is 9.59 Å². The van der Waals surface area contributed by atoms with Gasteiger partial charge in [0.2, 0.25) is 0 Å².